The third kappa shape index (κ3) is 19.4. The van der Waals surface area contributed by atoms with Crippen molar-refractivity contribution >= 4 is 11.9 Å². The van der Waals surface area contributed by atoms with Crippen molar-refractivity contribution in [1.29, 1.82) is 0 Å². The molecule has 0 spiro atoms. The number of aliphatic carboxylic acids is 1. The minimum atomic E-state index is -0.684. The molecule has 0 aromatic heterocycles. The van der Waals surface area contributed by atoms with E-state index in [0.717, 1.165) is 51.4 Å². The Kier molecular flexibility index (Phi) is 19.4. The summed E-state index contributed by atoms with van der Waals surface area (Å²) in [5, 5.41) is 9.06. The molecule has 1 unspecified atom stereocenters. The number of carbonyl (C=O) groups is 2. The fraction of sp³-hybridized carbons (Fsp3) is 0.826. The van der Waals surface area contributed by atoms with E-state index in [1.165, 1.54) is 25.7 Å². The summed E-state index contributed by atoms with van der Waals surface area (Å²) in [5.74, 6) is -0.545. The number of hydrogen-bond donors (Lipinski definition) is 1. The standard InChI is InChI=1S/C23H42O5/c1-3-4-5-12-15-21(20-22(24)25)16-13-10-8-6-7-9-11-14-17-23(26)28-19-18-27-2/h10,13,21H,3-9,11-12,14-20H2,1-2H3,(H,24,25)/b13-10+. The first-order chi connectivity index (χ1) is 13.6. The first kappa shape index (κ1) is 26.6. The molecule has 0 bridgehead atoms. The van der Waals surface area contributed by atoms with Crippen molar-refractivity contribution in [3.63, 3.8) is 0 Å². The molecule has 5 nitrogen and oxygen atoms in total. The van der Waals surface area contributed by atoms with E-state index in [0.29, 0.717) is 19.6 Å². The summed E-state index contributed by atoms with van der Waals surface area (Å²) < 4.78 is 9.86. The van der Waals surface area contributed by atoms with Crippen LogP contribution >= 0.6 is 0 Å². The quantitative estimate of drug-likeness (QED) is 0.157. The van der Waals surface area contributed by atoms with Crippen molar-refractivity contribution in [2.75, 3.05) is 20.3 Å². The molecule has 5 heteroatoms. The molecule has 164 valence electrons. The minimum absolute atomic E-state index is 0.134. The molecule has 0 heterocycles. The molecule has 0 aliphatic heterocycles. The maximum atomic E-state index is 11.4. The highest BCUT2D eigenvalue weighted by Gasteiger charge is 2.11. The number of allylic oxidation sites excluding steroid dienone is 2. The molecular weight excluding hydrogens is 356 g/mol. The second-order valence-electron chi connectivity index (χ2n) is 7.54. The predicted molar refractivity (Wildman–Crippen MR) is 113 cm³/mol. The molecule has 0 saturated carbocycles. The highest BCUT2D eigenvalue weighted by molar-refractivity contribution is 5.69. The SMILES string of the molecule is CCCCCCC(C/C=C/CCCCCCCC(=O)OCCOC)CC(=O)O. The van der Waals surface area contributed by atoms with Gasteiger partial charge in [-0.05, 0) is 38.0 Å². The predicted octanol–water partition coefficient (Wildman–Crippen LogP) is 5.91. The molecule has 0 aliphatic rings. The topological polar surface area (TPSA) is 72.8 Å². The third-order valence-electron chi connectivity index (χ3n) is 4.87. The van der Waals surface area contributed by atoms with Gasteiger partial charge in [-0.2, -0.15) is 0 Å². The van der Waals surface area contributed by atoms with Gasteiger partial charge >= 0.3 is 11.9 Å². The Hall–Kier alpha value is -1.36. The van der Waals surface area contributed by atoms with Gasteiger partial charge in [-0.15, -0.1) is 0 Å². The van der Waals surface area contributed by atoms with Gasteiger partial charge in [-0.25, -0.2) is 0 Å². The van der Waals surface area contributed by atoms with Crippen LogP contribution in [0.1, 0.15) is 96.8 Å². The molecule has 0 rings (SSSR count). The van der Waals surface area contributed by atoms with Crippen LogP contribution in [-0.4, -0.2) is 37.4 Å². The Bertz CT molecular complexity index is 406. The molecule has 0 saturated heterocycles. The molecule has 1 N–H and O–H groups in total. The summed E-state index contributed by atoms with van der Waals surface area (Å²) in [4.78, 5) is 22.4. The summed E-state index contributed by atoms with van der Waals surface area (Å²) in [5.41, 5.74) is 0. The fourth-order valence-corrected chi connectivity index (χ4v) is 3.19. The molecule has 0 amide bonds. The van der Waals surface area contributed by atoms with Gasteiger partial charge in [0, 0.05) is 20.0 Å². The number of carboxylic acids is 1. The van der Waals surface area contributed by atoms with E-state index in [9.17, 15) is 9.59 Å². The lowest BCUT2D eigenvalue weighted by atomic mass is 9.94. The minimum Gasteiger partial charge on any atom is -0.481 e. The molecule has 0 aromatic carbocycles. The van der Waals surface area contributed by atoms with Crippen molar-refractivity contribution in [3.05, 3.63) is 12.2 Å². The number of carboxylic acid groups (broad SMARTS) is 1. The summed E-state index contributed by atoms with van der Waals surface area (Å²) >= 11 is 0. The maximum absolute atomic E-state index is 11.4. The van der Waals surface area contributed by atoms with Crippen molar-refractivity contribution in [2.24, 2.45) is 5.92 Å². The lowest BCUT2D eigenvalue weighted by molar-refractivity contribution is -0.145. The second kappa shape index (κ2) is 20.4. The van der Waals surface area contributed by atoms with E-state index >= 15 is 0 Å². The van der Waals surface area contributed by atoms with Crippen LogP contribution in [0, 0.1) is 5.92 Å². The number of carbonyl (C=O) groups excluding carboxylic acids is 1. The maximum Gasteiger partial charge on any atom is 0.305 e. The van der Waals surface area contributed by atoms with Gasteiger partial charge in [0.25, 0.3) is 0 Å². The van der Waals surface area contributed by atoms with Gasteiger partial charge in [-0.3, -0.25) is 9.59 Å². The van der Waals surface area contributed by atoms with E-state index in [-0.39, 0.29) is 18.3 Å². The summed E-state index contributed by atoms with van der Waals surface area (Å²) in [7, 11) is 1.59. The van der Waals surface area contributed by atoms with Crippen LogP contribution in [0.3, 0.4) is 0 Å². The van der Waals surface area contributed by atoms with Crippen LogP contribution in [0.2, 0.25) is 0 Å². The van der Waals surface area contributed by atoms with Crippen LogP contribution < -0.4 is 0 Å². The lowest BCUT2D eigenvalue weighted by Gasteiger charge is -2.12. The lowest BCUT2D eigenvalue weighted by Crippen LogP contribution is -2.09. The average Bonchev–Trinajstić information content (AvgIpc) is 2.66. The van der Waals surface area contributed by atoms with E-state index < -0.39 is 5.97 Å². The summed E-state index contributed by atoms with van der Waals surface area (Å²) in [6.45, 7) is 2.98. The van der Waals surface area contributed by atoms with Crippen molar-refractivity contribution in [2.45, 2.75) is 96.8 Å². The van der Waals surface area contributed by atoms with Crippen LogP contribution in [0.15, 0.2) is 12.2 Å². The highest BCUT2D eigenvalue weighted by atomic mass is 16.6. The van der Waals surface area contributed by atoms with Crippen LogP contribution in [-0.2, 0) is 19.1 Å². The Labute approximate surface area is 171 Å². The van der Waals surface area contributed by atoms with Crippen molar-refractivity contribution in [3.8, 4) is 0 Å². The molecular formula is C23H42O5. The zero-order valence-corrected chi connectivity index (χ0v) is 18.1. The Morgan fingerprint density at radius 3 is 2.36 bits per heavy atom. The second-order valence-corrected chi connectivity index (χ2v) is 7.54. The van der Waals surface area contributed by atoms with Gasteiger partial charge in [-0.1, -0.05) is 64.0 Å². The molecule has 0 aromatic rings. The molecule has 1 atom stereocenters. The van der Waals surface area contributed by atoms with Gasteiger partial charge in [0.2, 0.25) is 0 Å². The average molecular weight is 399 g/mol. The van der Waals surface area contributed by atoms with E-state index in [4.69, 9.17) is 14.6 Å². The van der Waals surface area contributed by atoms with E-state index in [2.05, 4.69) is 19.1 Å². The van der Waals surface area contributed by atoms with Crippen molar-refractivity contribution in [1.82, 2.24) is 0 Å². The first-order valence-corrected chi connectivity index (χ1v) is 11.1. The van der Waals surface area contributed by atoms with E-state index in [1.807, 2.05) is 0 Å². The summed E-state index contributed by atoms with van der Waals surface area (Å²) in [6.07, 6.45) is 18.3. The number of rotatable bonds is 20. The monoisotopic (exact) mass is 398 g/mol. The largest absolute Gasteiger partial charge is 0.481 e. The zero-order valence-electron chi connectivity index (χ0n) is 18.1. The highest BCUT2D eigenvalue weighted by Crippen LogP contribution is 2.19. The third-order valence-corrected chi connectivity index (χ3v) is 4.87. The smallest absolute Gasteiger partial charge is 0.305 e. The molecule has 0 fully saturated rings. The zero-order chi connectivity index (χ0) is 20.9. The number of methoxy groups -OCH3 is 1. The first-order valence-electron chi connectivity index (χ1n) is 11.1. The van der Waals surface area contributed by atoms with Gasteiger partial charge in [0.1, 0.15) is 6.61 Å². The molecule has 0 radical (unpaired) electrons. The Morgan fingerprint density at radius 1 is 0.929 bits per heavy atom. The van der Waals surface area contributed by atoms with Gasteiger partial charge < -0.3 is 14.6 Å². The van der Waals surface area contributed by atoms with Crippen LogP contribution in [0.25, 0.3) is 0 Å². The number of ether oxygens (including phenoxy) is 2. The normalized spacial score (nSPS) is 12.4. The van der Waals surface area contributed by atoms with Crippen LogP contribution in [0.5, 0.6) is 0 Å². The van der Waals surface area contributed by atoms with Gasteiger partial charge in [0.05, 0.1) is 6.61 Å². The van der Waals surface area contributed by atoms with E-state index in [1.54, 1.807) is 7.11 Å². The summed E-state index contributed by atoms with van der Waals surface area (Å²) in [6, 6.07) is 0. The Balaban J connectivity index is 3.64. The number of esters is 1. The Morgan fingerprint density at radius 2 is 1.64 bits per heavy atom. The van der Waals surface area contributed by atoms with Crippen LogP contribution in [0.4, 0.5) is 0 Å². The van der Waals surface area contributed by atoms with Crippen molar-refractivity contribution < 1.29 is 24.2 Å². The number of unbranched alkanes of at least 4 members (excludes halogenated alkanes) is 8. The molecule has 28 heavy (non-hydrogen) atoms. The fourth-order valence-electron chi connectivity index (χ4n) is 3.19. The number of hydrogen-bond acceptors (Lipinski definition) is 4. The molecule has 0 aliphatic carbocycles. The van der Waals surface area contributed by atoms with Gasteiger partial charge in [0.15, 0.2) is 0 Å².